The van der Waals surface area contributed by atoms with Crippen LogP contribution in [0.4, 0.5) is 0 Å². The summed E-state index contributed by atoms with van der Waals surface area (Å²) in [5.74, 6) is 0.337. The maximum atomic E-state index is 4.80. The highest BCUT2D eigenvalue weighted by Gasteiger charge is 2.27. The zero-order valence-electron chi connectivity index (χ0n) is 17.3. The fourth-order valence-corrected chi connectivity index (χ4v) is 4.19. The molecule has 0 spiro atoms. The average Bonchev–Trinajstić information content (AvgIpc) is 3.11. The Morgan fingerprint density at radius 1 is 1.04 bits per heavy atom. The first-order valence-corrected chi connectivity index (χ1v) is 10.2. The first kappa shape index (κ1) is 18.8. The molecular weight excluding hydrogens is 346 g/mol. The van der Waals surface area contributed by atoms with Crippen LogP contribution in [-0.2, 0) is 19.5 Å². The summed E-state index contributed by atoms with van der Waals surface area (Å²) in [4.78, 5) is 11.9. The van der Waals surface area contributed by atoms with Crippen molar-refractivity contribution in [1.29, 1.82) is 0 Å². The van der Waals surface area contributed by atoms with Crippen molar-refractivity contribution < 1.29 is 0 Å². The van der Waals surface area contributed by atoms with Crippen LogP contribution < -0.4 is 0 Å². The quantitative estimate of drug-likeness (QED) is 0.725. The van der Waals surface area contributed by atoms with Crippen molar-refractivity contribution in [2.75, 3.05) is 6.54 Å². The van der Waals surface area contributed by atoms with Gasteiger partial charge in [0.1, 0.15) is 0 Å². The number of rotatable bonds is 5. The maximum Gasteiger partial charge on any atom is 0.0759 e. The van der Waals surface area contributed by atoms with Crippen molar-refractivity contribution in [2.45, 2.75) is 59.5 Å². The third-order valence-corrected chi connectivity index (χ3v) is 5.94. The zero-order chi connectivity index (χ0) is 19.7. The van der Waals surface area contributed by atoms with E-state index in [2.05, 4.69) is 59.2 Å². The summed E-state index contributed by atoms with van der Waals surface area (Å²) in [6.45, 7) is 11.1. The van der Waals surface area contributed by atoms with E-state index in [0.29, 0.717) is 5.92 Å². The van der Waals surface area contributed by atoms with Crippen LogP contribution in [0.25, 0.3) is 0 Å². The molecule has 3 heterocycles. The normalized spacial score (nSPS) is 15.4. The Hall–Kier alpha value is -2.53. The second kappa shape index (κ2) is 7.84. The van der Waals surface area contributed by atoms with Gasteiger partial charge in [-0.2, -0.15) is 5.10 Å². The molecule has 2 aromatic heterocycles. The molecule has 28 heavy (non-hydrogen) atoms. The molecule has 0 fully saturated rings. The van der Waals surface area contributed by atoms with E-state index in [1.807, 2.05) is 13.8 Å². The molecular formula is C23H29N5. The molecule has 1 unspecified atom stereocenters. The Balaban J connectivity index is 1.59. The van der Waals surface area contributed by atoms with E-state index in [4.69, 9.17) is 10.1 Å². The fourth-order valence-electron chi connectivity index (χ4n) is 4.19. The molecule has 1 atom stereocenters. The zero-order valence-corrected chi connectivity index (χ0v) is 17.3. The van der Waals surface area contributed by atoms with Gasteiger partial charge in [0, 0.05) is 43.2 Å². The van der Waals surface area contributed by atoms with Crippen LogP contribution in [0, 0.1) is 20.8 Å². The number of fused-ring (bicyclic) bond motifs is 1. The van der Waals surface area contributed by atoms with Gasteiger partial charge in [0.15, 0.2) is 0 Å². The fraction of sp³-hybridized carbons (Fsp3) is 0.435. The predicted molar refractivity (Wildman–Crippen MR) is 111 cm³/mol. The molecule has 1 N–H and O–H groups in total. The molecule has 4 rings (SSSR count). The summed E-state index contributed by atoms with van der Waals surface area (Å²) >= 11 is 0. The summed E-state index contributed by atoms with van der Waals surface area (Å²) in [5, 5.41) is 8.07. The van der Waals surface area contributed by atoms with Gasteiger partial charge in [0.25, 0.3) is 0 Å². The van der Waals surface area contributed by atoms with Crippen molar-refractivity contribution in [3.63, 3.8) is 0 Å². The molecule has 0 radical (unpaired) electrons. The highest BCUT2D eigenvalue weighted by molar-refractivity contribution is 5.37. The number of aryl methyl sites for hydroxylation is 3. The monoisotopic (exact) mass is 375 g/mol. The van der Waals surface area contributed by atoms with Gasteiger partial charge in [0.2, 0.25) is 0 Å². The van der Waals surface area contributed by atoms with E-state index in [-0.39, 0.29) is 0 Å². The van der Waals surface area contributed by atoms with Gasteiger partial charge in [-0.3, -0.25) is 20.0 Å². The van der Waals surface area contributed by atoms with Gasteiger partial charge in [-0.25, -0.2) is 0 Å². The van der Waals surface area contributed by atoms with Gasteiger partial charge in [-0.1, -0.05) is 37.3 Å². The standard InChI is InChI=1S/C23H29N5/c1-5-19(18-9-7-6-8-10-18)23-20-13-28(12-11-21(20)26-27-23)14-22-17(4)24-15(2)16(3)25-22/h6-10,19H,5,11-14H2,1-4H3,(H,26,27). The van der Waals surface area contributed by atoms with Gasteiger partial charge in [0.05, 0.1) is 28.5 Å². The van der Waals surface area contributed by atoms with Crippen LogP contribution >= 0.6 is 0 Å². The Morgan fingerprint density at radius 3 is 2.54 bits per heavy atom. The lowest BCUT2D eigenvalue weighted by molar-refractivity contribution is 0.239. The van der Waals surface area contributed by atoms with E-state index in [0.717, 1.165) is 55.3 Å². The number of hydrogen-bond acceptors (Lipinski definition) is 4. The number of hydrogen-bond donors (Lipinski definition) is 1. The second-order valence-corrected chi connectivity index (χ2v) is 7.82. The minimum Gasteiger partial charge on any atom is -0.293 e. The minimum atomic E-state index is 0.337. The Kier molecular flexibility index (Phi) is 5.27. The van der Waals surface area contributed by atoms with Crippen LogP contribution in [0.15, 0.2) is 30.3 Å². The van der Waals surface area contributed by atoms with E-state index in [9.17, 15) is 0 Å². The van der Waals surface area contributed by atoms with Gasteiger partial charge >= 0.3 is 0 Å². The van der Waals surface area contributed by atoms with Crippen molar-refractivity contribution >= 4 is 0 Å². The smallest absolute Gasteiger partial charge is 0.0759 e. The predicted octanol–water partition coefficient (Wildman–Crippen LogP) is 4.23. The first-order chi connectivity index (χ1) is 13.6. The molecule has 1 aromatic carbocycles. The topological polar surface area (TPSA) is 57.7 Å². The molecule has 0 saturated heterocycles. The summed E-state index contributed by atoms with van der Waals surface area (Å²) in [7, 11) is 0. The third kappa shape index (κ3) is 3.59. The number of aromatic nitrogens is 4. The van der Waals surface area contributed by atoms with Gasteiger partial charge in [-0.05, 0) is 32.8 Å². The third-order valence-electron chi connectivity index (χ3n) is 5.94. The summed E-state index contributed by atoms with van der Waals surface area (Å²) < 4.78 is 0. The van der Waals surface area contributed by atoms with Crippen molar-refractivity contribution in [3.05, 3.63) is 75.6 Å². The number of aromatic amines is 1. The largest absolute Gasteiger partial charge is 0.293 e. The molecule has 1 aliphatic rings. The number of H-pyrrole nitrogens is 1. The lowest BCUT2D eigenvalue weighted by atomic mass is 9.89. The van der Waals surface area contributed by atoms with Gasteiger partial charge in [-0.15, -0.1) is 0 Å². The van der Waals surface area contributed by atoms with E-state index in [1.165, 1.54) is 22.5 Å². The number of nitrogens with zero attached hydrogens (tertiary/aromatic N) is 4. The lowest BCUT2D eigenvalue weighted by Gasteiger charge is -2.28. The van der Waals surface area contributed by atoms with E-state index in [1.54, 1.807) is 0 Å². The Bertz CT molecular complexity index is 961. The molecule has 146 valence electrons. The highest BCUT2D eigenvalue weighted by atomic mass is 15.2. The summed E-state index contributed by atoms with van der Waals surface area (Å²) in [6.07, 6.45) is 2.05. The minimum absolute atomic E-state index is 0.337. The molecule has 5 heteroatoms. The SMILES string of the molecule is CCC(c1ccccc1)c1n[nH]c2c1CN(Cc1nc(C)c(C)nc1C)CC2. The lowest BCUT2D eigenvalue weighted by Crippen LogP contribution is -2.31. The van der Waals surface area contributed by atoms with Crippen LogP contribution in [0.3, 0.4) is 0 Å². The summed E-state index contributed by atoms with van der Waals surface area (Å²) in [6, 6.07) is 10.7. The van der Waals surface area contributed by atoms with Crippen molar-refractivity contribution in [3.8, 4) is 0 Å². The van der Waals surface area contributed by atoms with E-state index < -0.39 is 0 Å². The van der Waals surface area contributed by atoms with Crippen molar-refractivity contribution in [1.82, 2.24) is 25.1 Å². The molecule has 0 amide bonds. The second-order valence-electron chi connectivity index (χ2n) is 7.82. The molecule has 3 aromatic rings. The van der Waals surface area contributed by atoms with Crippen LogP contribution in [0.5, 0.6) is 0 Å². The van der Waals surface area contributed by atoms with Crippen molar-refractivity contribution in [2.24, 2.45) is 0 Å². The Labute approximate surface area is 167 Å². The van der Waals surface area contributed by atoms with Crippen LogP contribution in [0.1, 0.15) is 64.6 Å². The van der Waals surface area contributed by atoms with E-state index >= 15 is 0 Å². The summed E-state index contributed by atoms with van der Waals surface area (Å²) in [5.41, 5.74) is 9.39. The Morgan fingerprint density at radius 2 is 1.79 bits per heavy atom. The first-order valence-electron chi connectivity index (χ1n) is 10.2. The molecule has 5 nitrogen and oxygen atoms in total. The highest BCUT2D eigenvalue weighted by Crippen LogP contribution is 2.32. The van der Waals surface area contributed by atoms with Crippen LogP contribution in [0.2, 0.25) is 0 Å². The van der Waals surface area contributed by atoms with Gasteiger partial charge < -0.3 is 0 Å². The molecule has 0 bridgehead atoms. The number of benzene rings is 1. The molecule has 1 aliphatic heterocycles. The molecule has 0 aliphatic carbocycles. The van der Waals surface area contributed by atoms with Crippen LogP contribution in [-0.4, -0.2) is 31.6 Å². The molecule has 0 saturated carbocycles. The number of nitrogens with one attached hydrogen (secondary N) is 1. The maximum absolute atomic E-state index is 4.80. The average molecular weight is 376 g/mol.